The molecule has 0 atom stereocenters. The molecule has 4 rings (SSSR count). The Labute approximate surface area is 232 Å². The first-order valence-corrected chi connectivity index (χ1v) is 14.2. The molecule has 188 valence electrons. The van der Waals surface area contributed by atoms with Gasteiger partial charge in [-0.2, -0.15) is 0 Å². The lowest BCUT2D eigenvalue weighted by molar-refractivity contribution is -0.141. The Balaban J connectivity index is 1.76. The number of carbonyl (C=O) groups is 1. The van der Waals surface area contributed by atoms with Gasteiger partial charge in [-0.05, 0) is 71.5 Å². The molecule has 0 saturated heterocycles. The van der Waals surface area contributed by atoms with E-state index in [1.165, 1.54) is 24.5 Å². The van der Waals surface area contributed by atoms with Crippen molar-refractivity contribution < 1.29 is 17.9 Å². The Morgan fingerprint density at radius 2 is 1.83 bits per heavy atom. The van der Waals surface area contributed by atoms with E-state index in [-0.39, 0.29) is 21.5 Å². The van der Waals surface area contributed by atoms with Crippen LogP contribution in [0.2, 0.25) is 10.0 Å². The lowest BCUT2D eigenvalue weighted by atomic mass is 10.2. The highest BCUT2D eigenvalue weighted by Crippen LogP contribution is 2.31. The number of unbranched alkanes of at least 4 members (excludes halogenated alkanes) is 1. The number of fused-ring (bicyclic) bond motifs is 1. The van der Waals surface area contributed by atoms with E-state index in [2.05, 4.69) is 32.6 Å². The Morgan fingerprint density at radius 1 is 1.08 bits per heavy atom. The van der Waals surface area contributed by atoms with Gasteiger partial charge in [-0.25, -0.2) is 18.4 Å². The van der Waals surface area contributed by atoms with Gasteiger partial charge >= 0.3 is 5.97 Å². The van der Waals surface area contributed by atoms with Gasteiger partial charge in [-0.3, -0.25) is 9.10 Å². The Morgan fingerprint density at radius 3 is 2.53 bits per heavy atom. The van der Waals surface area contributed by atoms with Crippen LogP contribution in [-0.2, 0) is 19.6 Å². The number of esters is 1. The summed E-state index contributed by atoms with van der Waals surface area (Å²) in [5.74, 6) is 0.0167. The van der Waals surface area contributed by atoms with Crippen LogP contribution in [0.25, 0.3) is 16.7 Å². The van der Waals surface area contributed by atoms with Crippen molar-refractivity contribution in [1.29, 1.82) is 0 Å². The average Bonchev–Trinajstić information content (AvgIpc) is 3.25. The third kappa shape index (κ3) is 5.93. The first kappa shape index (κ1) is 26.6. The number of carbonyl (C=O) groups excluding carboxylic acids is 1. The number of rotatable bonds is 9. The van der Waals surface area contributed by atoms with Crippen LogP contribution in [0.4, 0.5) is 5.69 Å². The highest BCUT2D eigenvalue weighted by atomic mass is 127. The van der Waals surface area contributed by atoms with Crippen molar-refractivity contribution in [3.8, 4) is 5.82 Å². The summed E-state index contributed by atoms with van der Waals surface area (Å²) in [7, 11) is -4.21. The van der Waals surface area contributed by atoms with Crippen molar-refractivity contribution in [1.82, 2.24) is 14.5 Å². The van der Waals surface area contributed by atoms with Crippen molar-refractivity contribution in [2.45, 2.75) is 24.7 Å². The molecule has 0 N–H and O–H groups in total. The zero-order valence-electron chi connectivity index (χ0n) is 19.1. The molecule has 0 aliphatic rings. The highest BCUT2D eigenvalue weighted by Gasteiger charge is 2.29. The van der Waals surface area contributed by atoms with Crippen molar-refractivity contribution in [2.24, 2.45) is 0 Å². The number of benzene rings is 2. The third-order valence-corrected chi connectivity index (χ3v) is 8.06. The maximum Gasteiger partial charge on any atom is 0.326 e. The zero-order valence-corrected chi connectivity index (χ0v) is 23.6. The first-order valence-electron chi connectivity index (χ1n) is 10.9. The molecule has 0 bridgehead atoms. The predicted octanol–water partition coefficient (Wildman–Crippen LogP) is 5.87. The van der Waals surface area contributed by atoms with Crippen LogP contribution in [0, 0.1) is 3.70 Å². The second kappa shape index (κ2) is 11.3. The van der Waals surface area contributed by atoms with Crippen molar-refractivity contribution >= 4 is 78.4 Å². The average molecular weight is 659 g/mol. The summed E-state index contributed by atoms with van der Waals surface area (Å²) < 4.78 is 36.3. The molecule has 4 aromatic rings. The van der Waals surface area contributed by atoms with Crippen LogP contribution in [0.1, 0.15) is 19.8 Å². The molecule has 0 amide bonds. The maximum atomic E-state index is 13.7. The fourth-order valence-corrected chi connectivity index (χ4v) is 6.09. The molecule has 8 nitrogen and oxygen atoms in total. The number of hydrogen-bond donors (Lipinski definition) is 0. The summed E-state index contributed by atoms with van der Waals surface area (Å²) in [6, 6.07) is 12.8. The van der Waals surface area contributed by atoms with E-state index in [1.54, 1.807) is 18.2 Å². The quantitative estimate of drug-likeness (QED) is 0.0967. The van der Waals surface area contributed by atoms with Gasteiger partial charge in [0.05, 0.1) is 22.7 Å². The molecular weight excluding hydrogens is 638 g/mol. The highest BCUT2D eigenvalue weighted by molar-refractivity contribution is 14.1. The van der Waals surface area contributed by atoms with Crippen molar-refractivity contribution in [3.05, 3.63) is 74.8 Å². The minimum Gasteiger partial charge on any atom is -0.464 e. The maximum absolute atomic E-state index is 13.7. The lowest BCUT2D eigenvalue weighted by Crippen LogP contribution is -2.36. The monoisotopic (exact) mass is 658 g/mol. The molecule has 0 saturated carbocycles. The van der Waals surface area contributed by atoms with Crippen LogP contribution in [-0.4, -0.2) is 42.1 Å². The van der Waals surface area contributed by atoms with Gasteiger partial charge in [0.2, 0.25) is 0 Å². The van der Waals surface area contributed by atoms with Gasteiger partial charge in [0.25, 0.3) is 10.0 Å². The smallest absolute Gasteiger partial charge is 0.326 e. The summed E-state index contributed by atoms with van der Waals surface area (Å²) in [6.45, 7) is 1.68. The number of ether oxygens (including phenoxy) is 1. The van der Waals surface area contributed by atoms with E-state index in [0.29, 0.717) is 17.9 Å². The molecule has 2 aromatic heterocycles. The summed E-state index contributed by atoms with van der Waals surface area (Å²) in [5, 5.41) is 1.09. The minimum atomic E-state index is -4.21. The van der Waals surface area contributed by atoms with Gasteiger partial charge < -0.3 is 9.30 Å². The van der Waals surface area contributed by atoms with Gasteiger partial charge in [-0.1, -0.05) is 36.5 Å². The third-order valence-electron chi connectivity index (χ3n) is 5.29. The lowest BCUT2D eigenvalue weighted by Gasteiger charge is -2.24. The van der Waals surface area contributed by atoms with Crippen molar-refractivity contribution in [3.63, 3.8) is 0 Å². The molecule has 2 aromatic carbocycles. The van der Waals surface area contributed by atoms with E-state index >= 15 is 0 Å². The van der Waals surface area contributed by atoms with Gasteiger partial charge in [0.1, 0.15) is 22.4 Å². The Hall–Kier alpha value is -2.41. The molecule has 0 fully saturated rings. The molecule has 0 aliphatic carbocycles. The summed E-state index contributed by atoms with van der Waals surface area (Å²) >= 11 is 14.3. The van der Waals surface area contributed by atoms with E-state index < -0.39 is 22.5 Å². The topological polar surface area (TPSA) is 94.4 Å². The molecule has 0 aliphatic heterocycles. The molecule has 36 heavy (non-hydrogen) atoms. The fraction of sp³-hybridized carbons (Fsp3) is 0.208. The van der Waals surface area contributed by atoms with E-state index in [4.69, 9.17) is 27.9 Å². The standard InChI is InChI=1S/C24H21Cl2IN4O4S/c1-2-3-8-35-24(32)14-31(36(33,34)20-11-17(25)10-18(26)12-20)19-4-5-21-16(9-19)6-7-30(21)23-13-22(27)28-15-29-23/h4-7,9-13,15H,2-3,8,14H2,1H3. The normalized spacial score (nSPS) is 11.6. The number of hydrogen-bond acceptors (Lipinski definition) is 6. The second-order valence-electron chi connectivity index (χ2n) is 7.82. The fourth-order valence-electron chi connectivity index (χ4n) is 3.55. The van der Waals surface area contributed by atoms with Gasteiger partial charge in [0, 0.05) is 27.7 Å². The minimum absolute atomic E-state index is 0.130. The molecule has 0 unspecified atom stereocenters. The van der Waals surface area contributed by atoms with Crippen LogP contribution in [0.5, 0.6) is 0 Å². The first-order chi connectivity index (χ1) is 17.2. The second-order valence-corrected chi connectivity index (χ2v) is 11.7. The molecular formula is C24H21Cl2IN4O4S. The summed E-state index contributed by atoms with van der Waals surface area (Å²) in [6.07, 6.45) is 4.84. The summed E-state index contributed by atoms with van der Waals surface area (Å²) in [4.78, 5) is 20.9. The van der Waals surface area contributed by atoms with Crippen LogP contribution >= 0.6 is 45.8 Å². The number of aromatic nitrogens is 3. The van der Waals surface area contributed by atoms with E-state index in [9.17, 15) is 13.2 Å². The van der Waals surface area contributed by atoms with Crippen molar-refractivity contribution in [2.75, 3.05) is 17.5 Å². The van der Waals surface area contributed by atoms with Crippen LogP contribution < -0.4 is 4.31 Å². The van der Waals surface area contributed by atoms with Gasteiger partial charge in [0.15, 0.2) is 0 Å². The van der Waals surface area contributed by atoms with Gasteiger partial charge in [-0.15, -0.1) is 0 Å². The molecule has 0 radical (unpaired) electrons. The summed E-state index contributed by atoms with van der Waals surface area (Å²) in [5.41, 5.74) is 1.10. The predicted molar refractivity (Wildman–Crippen MR) is 148 cm³/mol. The number of anilines is 1. The Bertz CT molecular complexity index is 1510. The SMILES string of the molecule is CCCCOC(=O)CN(c1ccc2c(ccn2-c2cc(I)ncn2)c1)S(=O)(=O)c1cc(Cl)cc(Cl)c1. The molecule has 2 heterocycles. The number of halogens is 3. The number of sulfonamides is 1. The Kier molecular flexibility index (Phi) is 8.38. The van der Waals surface area contributed by atoms with E-state index in [0.717, 1.165) is 25.3 Å². The van der Waals surface area contributed by atoms with Crippen LogP contribution in [0.3, 0.4) is 0 Å². The number of nitrogens with zero attached hydrogens (tertiary/aromatic N) is 4. The van der Waals surface area contributed by atoms with Crippen LogP contribution in [0.15, 0.2) is 66.0 Å². The zero-order chi connectivity index (χ0) is 25.9. The largest absolute Gasteiger partial charge is 0.464 e. The molecule has 0 spiro atoms. The van der Waals surface area contributed by atoms with E-state index in [1.807, 2.05) is 29.8 Å². The molecule has 12 heteroatoms.